The maximum absolute atomic E-state index is 14.2. The summed E-state index contributed by atoms with van der Waals surface area (Å²) in [6, 6.07) is 20.1. The molecule has 4 unspecified atom stereocenters. The van der Waals surface area contributed by atoms with Gasteiger partial charge in [-0.2, -0.15) is 0 Å². The van der Waals surface area contributed by atoms with E-state index in [1.807, 2.05) is 54.6 Å². The number of carbonyl (C=O) groups excluding carboxylic acids is 4. The number of carbonyl (C=O) groups is 4. The molecule has 48 heavy (non-hydrogen) atoms. The number of hydrogen-bond donors (Lipinski definition) is 2. The number of phenols is 1. The molecule has 1 saturated heterocycles. The van der Waals surface area contributed by atoms with Crippen LogP contribution in [0.3, 0.4) is 0 Å². The molecule has 2 amide bonds. The molecule has 3 aromatic rings. The molecule has 0 radical (unpaired) electrons. The molecule has 3 aromatic carbocycles. The van der Waals surface area contributed by atoms with E-state index in [1.165, 1.54) is 25.2 Å². The van der Waals surface area contributed by atoms with Crippen LogP contribution in [0.1, 0.15) is 18.4 Å². The van der Waals surface area contributed by atoms with Crippen LogP contribution < -0.4 is 19.7 Å². The number of amides is 2. The van der Waals surface area contributed by atoms with Crippen LogP contribution in [0.25, 0.3) is 6.08 Å². The Morgan fingerprint density at radius 3 is 2.23 bits per heavy atom. The zero-order valence-electron chi connectivity index (χ0n) is 26.1. The van der Waals surface area contributed by atoms with Crippen molar-refractivity contribution >= 4 is 62.4 Å². The van der Waals surface area contributed by atoms with Crippen molar-refractivity contribution in [3.8, 4) is 17.2 Å². The van der Waals surface area contributed by atoms with E-state index >= 15 is 0 Å². The predicted molar refractivity (Wildman–Crippen MR) is 184 cm³/mol. The number of halogens is 1. The smallest absolute Gasteiger partial charge is 0.238 e. The van der Waals surface area contributed by atoms with Crippen molar-refractivity contribution in [1.29, 1.82) is 0 Å². The van der Waals surface area contributed by atoms with Gasteiger partial charge in [-0.3, -0.25) is 24.1 Å². The number of phenolic OH excluding ortho intramolecular Hbond substituents is 1. The topological polar surface area (TPSA) is 122 Å². The maximum Gasteiger partial charge on any atom is 0.238 e. The van der Waals surface area contributed by atoms with Gasteiger partial charge in [0.1, 0.15) is 0 Å². The highest BCUT2D eigenvalue weighted by Crippen LogP contribution is 2.53. The number of allylic oxidation sites excluding steroid dienone is 7. The fourth-order valence-corrected chi connectivity index (χ4v) is 7.79. The number of para-hydroxylation sites is 1. The van der Waals surface area contributed by atoms with Crippen molar-refractivity contribution in [2.24, 2.45) is 23.7 Å². The molecule has 9 nitrogen and oxygen atoms in total. The van der Waals surface area contributed by atoms with Crippen LogP contribution >= 0.6 is 15.9 Å². The van der Waals surface area contributed by atoms with E-state index in [-0.39, 0.29) is 51.5 Å². The Labute approximate surface area is 285 Å². The molecule has 7 rings (SSSR count). The minimum absolute atomic E-state index is 0.139. The summed E-state index contributed by atoms with van der Waals surface area (Å²) < 4.78 is 10.8. The number of aromatic hydroxyl groups is 1. The molecular weight excluding hydrogens is 676 g/mol. The Morgan fingerprint density at radius 2 is 1.56 bits per heavy atom. The molecular formula is C38H31BrN2O7. The van der Waals surface area contributed by atoms with Gasteiger partial charge in [0.25, 0.3) is 0 Å². The third kappa shape index (κ3) is 5.26. The number of nitrogens with zero attached hydrogens (tertiary/aromatic N) is 1. The van der Waals surface area contributed by atoms with E-state index in [1.54, 1.807) is 30.3 Å². The van der Waals surface area contributed by atoms with Gasteiger partial charge < -0.3 is 19.9 Å². The van der Waals surface area contributed by atoms with Crippen molar-refractivity contribution in [3.05, 3.63) is 112 Å². The second kappa shape index (κ2) is 12.4. The molecule has 10 heteroatoms. The average Bonchev–Trinajstić information content (AvgIpc) is 3.36. The third-order valence-corrected chi connectivity index (χ3v) is 10.1. The number of nitrogens with one attached hydrogen (secondary N) is 1. The van der Waals surface area contributed by atoms with E-state index in [2.05, 4.69) is 21.2 Å². The first-order valence-corrected chi connectivity index (χ1v) is 16.3. The molecule has 0 bridgehead atoms. The molecule has 0 spiro atoms. The molecule has 2 N–H and O–H groups in total. The normalized spacial score (nSPS) is 23.4. The maximum atomic E-state index is 14.2. The highest BCUT2D eigenvalue weighted by atomic mass is 79.9. The Hall–Kier alpha value is -5.22. The number of ketones is 2. The minimum atomic E-state index is -0.689. The number of anilines is 3. The van der Waals surface area contributed by atoms with Crippen LogP contribution in [0.4, 0.5) is 17.1 Å². The Kier molecular flexibility index (Phi) is 8.12. The highest BCUT2D eigenvalue weighted by molar-refractivity contribution is 9.12. The lowest BCUT2D eigenvalue weighted by Crippen LogP contribution is -2.40. The van der Waals surface area contributed by atoms with Crippen LogP contribution in [-0.2, 0) is 19.2 Å². The van der Waals surface area contributed by atoms with Gasteiger partial charge in [0.15, 0.2) is 23.1 Å². The molecule has 4 aliphatic rings. The predicted octanol–water partition coefficient (Wildman–Crippen LogP) is 6.67. The highest BCUT2D eigenvalue weighted by Gasteiger charge is 2.56. The van der Waals surface area contributed by atoms with Crippen molar-refractivity contribution in [2.75, 3.05) is 24.4 Å². The largest absolute Gasteiger partial charge is 0.502 e. The number of ether oxygens (including phenoxy) is 2. The van der Waals surface area contributed by atoms with E-state index in [0.717, 1.165) is 16.9 Å². The van der Waals surface area contributed by atoms with Crippen molar-refractivity contribution < 1.29 is 33.8 Å². The molecule has 1 aliphatic heterocycles. The van der Waals surface area contributed by atoms with Crippen molar-refractivity contribution in [2.45, 2.75) is 12.8 Å². The van der Waals surface area contributed by atoms with E-state index in [0.29, 0.717) is 28.8 Å². The van der Waals surface area contributed by atoms with Gasteiger partial charge in [-0.25, -0.2) is 0 Å². The van der Waals surface area contributed by atoms with Gasteiger partial charge in [0, 0.05) is 34.5 Å². The second-order valence-corrected chi connectivity index (χ2v) is 13.0. The van der Waals surface area contributed by atoms with Crippen LogP contribution in [-0.4, -0.2) is 42.7 Å². The van der Waals surface area contributed by atoms with Gasteiger partial charge >= 0.3 is 0 Å². The molecule has 0 saturated carbocycles. The van der Waals surface area contributed by atoms with Crippen molar-refractivity contribution in [1.82, 2.24) is 0 Å². The molecule has 1 heterocycles. The van der Waals surface area contributed by atoms with Crippen LogP contribution in [0, 0.1) is 23.7 Å². The quantitative estimate of drug-likeness (QED) is 0.159. The zero-order chi connectivity index (χ0) is 33.7. The van der Waals surface area contributed by atoms with Crippen molar-refractivity contribution in [3.63, 3.8) is 0 Å². The summed E-state index contributed by atoms with van der Waals surface area (Å²) in [5.41, 5.74) is 4.40. The van der Waals surface area contributed by atoms with E-state index in [9.17, 15) is 24.3 Å². The zero-order valence-corrected chi connectivity index (χ0v) is 27.7. The standard InChI is InChI=1S/C38H31BrN2O7/c1-47-31-16-20(17-32(48-2)36(31)44)8-13-25-24-14-15-26-34(27(24)18-28-33(25)30(42)19-29(39)35(28)43)38(46)41(37(26)45)23-11-9-22(10-12-23)40-21-6-4-3-5-7-21/h3-14,16-17,19,25-27,34,40,44H,15,18H2,1-2H3. The Bertz CT molecular complexity index is 1970. The molecule has 1 fully saturated rings. The summed E-state index contributed by atoms with van der Waals surface area (Å²) in [6.07, 6.45) is 7.38. The summed E-state index contributed by atoms with van der Waals surface area (Å²) >= 11 is 3.26. The summed E-state index contributed by atoms with van der Waals surface area (Å²) in [6.45, 7) is 0. The number of imide groups is 1. The first kappa shape index (κ1) is 31.4. The third-order valence-electron chi connectivity index (χ3n) is 9.55. The van der Waals surface area contributed by atoms with E-state index < -0.39 is 23.7 Å². The second-order valence-electron chi connectivity index (χ2n) is 12.1. The van der Waals surface area contributed by atoms with Gasteiger partial charge in [0.2, 0.25) is 17.6 Å². The van der Waals surface area contributed by atoms with Crippen LogP contribution in [0.2, 0.25) is 0 Å². The number of Topliss-reactive ketones (excluding diaryl/α,β-unsaturated/α-hetero) is 1. The minimum Gasteiger partial charge on any atom is -0.502 e. The summed E-state index contributed by atoms with van der Waals surface area (Å²) in [5, 5.41) is 13.7. The number of hydrogen-bond acceptors (Lipinski definition) is 8. The molecule has 4 atom stereocenters. The number of methoxy groups -OCH3 is 2. The summed E-state index contributed by atoms with van der Waals surface area (Å²) in [5.74, 6) is -3.23. The summed E-state index contributed by atoms with van der Waals surface area (Å²) in [4.78, 5) is 56.3. The average molecular weight is 708 g/mol. The lowest BCUT2D eigenvalue weighted by Gasteiger charge is -2.41. The molecule has 0 aromatic heterocycles. The van der Waals surface area contributed by atoms with Gasteiger partial charge in [0.05, 0.1) is 36.2 Å². The first-order valence-electron chi connectivity index (χ1n) is 15.5. The summed E-state index contributed by atoms with van der Waals surface area (Å²) in [7, 11) is 2.87. The SMILES string of the molecule is COc1cc(C=CC2C3=CCC4C(=O)N(c5ccc(Nc6ccccc6)cc5)C(=O)C4C3CC3=C2C(=O)C=C(Br)C3=O)cc(OC)c1O. The van der Waals surface area contributed by atoms with Gasteiger partial charge in [-0.05, 0) is 88.8 Å². The van der Waals surface area contributed by atoms with Crippen LogP contribution in [0.15, 0.2) is 106 Å². The lowest BCUT2D eigenvalue weighted by atomic mass is 9.61. The van der Waals surface area contributed by atoms with E-state index in [4.69, 9.17) is 9.47 Å². The fourth-order valence-electron chi connectivity index (χ4n) is 7.34. The fraction of sp³-hybridized carbons (Fsp3) is 0.211. The van der Waals surface area contributed by atoms with Crippen LogP contribution in [0.5, 0.6) is 17.2 Å². The van der Waals surface area contributed by atoms with Gasteiger partial charge in [-0.1, -0.05) is 42.0 Å². The molecule has 242 valence electrons. The Morgan fingerprint density at radius 1 is 0.896 bits per heavy atom. The van der Waals surface area contributed by atoms with Gasteiger partial charge in [-0.15, -0.1) is 0 Å². The number of fused-ring (bicyclic) bond motifs is 3. The monoisotopic (exact) mass is 706 g/mol. The lowest BCUT2D eigenvalue weighted by molar-refractivity contribution is -0.123. The number of rotatable bonds is 7. The first-order chi connectivity index (χ1) is 23.2. The molecule has 3 aliphatic carbocycles. The number of benzene rings is 3. The Balaban J connectivity index is 1.23.